The molecule has 1 aromatic carbocycles. The van der Waals surface area contributed by atoms with Crippen molar-refractivity contribution in [3.05, 3.63) is 29.8 Å². The van der Waals surface area contributed by atoms with Crippen LogP contribution in [0.3, 0.4) is 0 Å². The van der Waals surface area contributed by atoms with Gasteiger partial charge in [-0.1, -0.05) is 26.0 Å². The van der Waals surface area contributed by atoms with E-state index in [1.165, 1.54) is 18.4 Å². The molecule has 20 heavy (non-hydrogen) atoms. The lowest BCUT2D eigenvalue weighted by Crippen LogP contribution is -2.46. The number of likely N-dealkylation sites (tertiary alicyclic amines) is 1. The van der Waals surface area contributed by atoms with E-state index in [0.717, 1.165) is 25.2 Å². The largest absolute Gasteiger partial charge is 0.325 e. The highest BCUT2D eigenvalue weighted by atomic mass is 16.2. The first-order valence-electron chi connectivity index (χ1n) is 7.74. The third-order valence-electron chi connectivity index (χ3n) is 4.25. The van der Waals surface area contributed by atoms with Crippen LogP contribution in [0.25, 0.3) is 0 Å². The minimum absolute atomic E-state index is 0.0522. The number of nitrogens with zero attached hydrogens (tertiary/aromatic N) is 1. The summed E-state index contributed by atoms with van der Waals surface area (Å²) in [5, 5.41) is 3.02. The van der Waals surface area contributed by atoms with Gasteiger partial charge in [0, 0.05) is 12.2 Å². The van der Waals surface area contributed by atoms with Crippen molar-refractivity contribution in [1.29, 1.82) is 0 Å². The van der Waals surface area contributed by atoms with E-state index >= 15 is 0 Å². The van der Waals surface area contributed by atoms with Gasteiger partial charge in [0.15, 0.2) is 0 Å². The van der Waals surface area contributed by atoms with E-state index in [1.54, 1.807) is 0 Å². The van der Waals surface area contributed by atoms with Crippen LogP contribution in [-0.2, 0) is 11.2 Å². The van der Waals surface area contributed by atoms with Crippen molar-refractivity contribution in [2.75, 3.05) is 18.4 Å². The fourth-order valence-corrected chi connectivity index (χ4v) is 2.81. The maximum atomic E-state index is 12.3. The van der Waals surface area contributed by atoms with Gasteiger partial charge in [0.05, 0.1) is 6.04 Å². The van der Waals surface area contributed by atoms with Gasteiger partial charge in [0.2, 0.25) is 5.91 Å². The molecule has 1 aliphatic rings. The van der Waals surface area contributed by atoms with Crippen LogP contribution in [0.15, 0.2) is 24.3 Å². The van der Waals surface area contributed by atoms with Crippen molar-refractivity contribution >= 4 is 11.6 Å². The number of nitrogens with one attached hydrogen (secondary N) is 1. The second-order valence-corrected chi connectivity index (χ2v) is 5.96. The Morgan fingerprint density at radius 3 is 2.70 bits per heavy atom. The monoisotopic (exact) mass is 274 g/mol. The summed E-state index contributed by atoms with van der Waals surface area (Å²) < 4.78 is 0. The molecule has 1 saturated heterocycles. The normalized spacial score (nSPS) is 21.4. The molecule has 1 aromatic rings. The van der Waals surface area contributed by atoms with E-state index in [1.807, 2.05) is 19.1 Å². The molecular formula is C17H26N2O. The number of amides is 1. The van der Waals surface area contributed by atoms with Crippen LogP contribution < -0.4 is 5.32 Å². The lowest BCUT2D eigenvalue weighted by molar-refractivity contribution is -0.121. The van der Waals surface area contributed by atoms with Gasteiger partial charge >= 0.3 is 0 Å². The first-order valence-corrected chi connectivity index (χ1v) is 7.74. The topological polar surface area (TPSA) is 32.3 Å². The van der Waals surface area contributed by atoms with Gasteiger partial charge in [-0.05, 0) is 56.3 Å². The molecule has 1 amide bonds. The molecule has 1 aliphatic heterocycles. The van der Waals surface area contributed by atoms with Gasteiger partial charge in [-0.15, -0.1) is 0 Å². The second kappa shape index (κ2) is 6.89. The Morgan fingerprint density at radius 1 is 1.40 bits per heavy atom. The molecule has 1 N–H and O–H groups in total. The molecule has 3 nitrogen and oxygen atoms in total. The summed E-state index contributed by atoms with van der Waals surface area (Å²) in [6, 6.07) is 8.07. The zero-order valence-electron chi connectivity index (χ0n) is 12.9. The zero-order valence-corrected chi connectivity index (χ0v) is 12.9. The van der Waals surface area contributed by atoms with E-state index in [9.17, 15) is 4.79 Å². The van der Waals surface area contributed by atoms with Crippen molar-refractivity contribution in [3.63, 3.8) is 0 Å². The van der Waals surface area contributed by atoms with Crippen LogP contribution in [0, 0.1) is 5.92 Å². The average Bonchev–Trinajstić information content (AvgIpc) is 2.47. The molecule has 1 heterocycles. The fraction of sp³-hybridized carbons (Fsp3) is 0.588. The van der Waals surface area contributed by atoms with Crippen LogP contribution in [-0.4, -0.2) is 29.9 Å². The Morgan fingerprint density at radius 2 is 2.10 bits per heavy atom. The number of aryl methyl sites for hydroxylation is 1. The Kier molecular flexibility index (Phi) is 5.18. The van der Waals surface area contributed by atoms with E-state index in [4.69, 9.17) is 0 Å². The van der Waals surface area contributed by atoms with E-state index in [0.29, 0.717) is 5.92 Å². The highest BCUT2D eigenvalue weighted by Gasteiger charge is 2.25. The molecule has 2 rings (SSSR count). The molecule has 2 atom stereocenters. The lowest BCUT2D eigenvalue weighted by Gasteiger charge is -2.34. The van der Waals surface area contributed by atoms with Crippen molar-refractivity contribution in [1.82, 2.24) is 4.90 Å². The van der Waals surface area contributed by atoms with Gasteiger partial charge in [0.1, 0.15) is 0 Å². The average molecular weight is 274 g/mol. The summed E-state index contributed by atoms with van der Waals surface area (Å²) in [7, 11) is 0. The van der Waals surface area contributed by atoms with Crippen molar-refractivity contribution < 1.29 is 4.79 Å². The molecule has 0 unspecified atom stereocenters. The minimum Gasteiger partial charge on any atom is -0.325 e. The number of hydrogen-bond acceptors (Lipinski definition) is 2. The molecule has 0 aromatic heterocycles. The van der Waals surface area contributed by atoms with Crippen LogP contribution in [0.2, 0.25) is 0 Å². The van der Waals surface area contributed by atoms with Crippen molar-refractivity contribution in [3.8, 4) is 0 Å². The van der Waals surface area contributed by atoms with Gasteiger partial charge in [-0.3, -0.25) is 9.69 Å². The SMILES string of the molecule is CCc1ccc(NC(=O)[C@H](C)N2CCC[C@H](C)C2)cc1. The van der Waals surface area contributed by atoms with E-state index in [-0.39, 0.29) is 11.9 Å². The molecular weight excluding hydrogens is 248 g/mol. The number of piperidine rings is 1. The molecule has 0 saturated carbocycles. The van der Waals surface area contributed by atoms with Gasteiger partial charge < -0.3 is 5.32 Å². The second-order valence-electron chi connectivity index (χ2n) is 5.96. The number of carbonyl (C=O) groups excluding carboxylic acids is 1. The highest BCUT2D eigenvalue weighted by Crippen LogP contribution is 2.18. The standard InChI is InChI=1S/C17H26N2O/c1-4-15-7-9-16(10-8-15)18-17(20)14(3)19-11-5-6-13(2)12-19/h7-10,13-14H,4-6,11-12H2,1-3H3,(H,18,20)/t13-,14-/m0/s1. The maximum absolute atomic E-state index is 12.3. The Hall–Kier alpha value is -1.35. The van der Waals surface area contributed by atoms with Crippen LogP contribution in [0.1, 0.15) is 39.2 Å². The van der Waals surface area contributed by atoms with Crippen molar-refractivity contribution in [2.45, 2.75) is 46.1 Å². The summed E-state index contributed by atoms with van der Waals surface area (Å²) >= 11 is 0. The summed E-state index contributed by atoms with van der Waals surface area (Å²) in [5.41, 5.74) is 2.19. The number of benzene rings is 1. The smallest absolute Gasteiger partial charge is 0.241 e. The van der Waals surface area contributed by atoms with Gasteiger partial charge in [-0.25, -0.2) is 0 Å². The lowest BCUT2D eigenvalue weighted by atomic mass is 9.99. The summed E-state index contributed by atoms with van der Waals surface area (Å²) in [6.45, 7) is 8.47. The predicted octanol–water partition coefficient (Wildman–Crippen LogP) is 3.31. The van der Waals surface area contributed by atoms with Crippen LogP contribution >= 0.6 is 0 Å². The molecule has 1 fully saturated rings. The third-order valence-corrected chi connectivity index (χ3v) is 4.25. The Balaban J connectivity index is 1.92. The molecule has 0 aliphatic carbocycles. The Bertz CT molecular complexity index is 441. The predicted molar refractivity (Wildman–Crippen MR) is 83.9 cm³/mol. The minimum atomic E-state index is -0.0522. The summed E-state index contributed by atoms with van der Waals surface area (Å²) in [5.74, 6) is 0.797. The molecule has 0 radical (unpaired) electrons. The van der Waals surface area contributed by atoms with Crippen molar-refractivity contribution in [2.24, 2.45) is 5.92 Å². The first kappa shape index (κ1) is 15.0. The van der Waals surface area contributed by atoms with Gasteiger partial charge in [-0.2, -0.15) is 0 Å². The molecule has 110 valence electrons. The number of carbonyl (C=O) groups is 1. The van der Waals surface area contributed by atoms with Crippen LogP contribution in [0.4, 0.5) is 5.69 Å². The number of hydrogen-bond donors (Lipinski definition) is 1. The number of rotatable bonds is 4. The third kappa shape index (κ3) is 3.83. The summed E-state index contributed by atoms with van der Waals surface area (Å²) in [4.78, 5) is 14.6. The first-order chi connectivity index (χ1) is 9.60. The Labute approximate surface area is 122 Å². The molecule has 0 bridgehead atoms. The van der Waals surface area contributed by atoms with E-state index < -0.39 is 0 Å². The van der Waals surface area contributed by atoms with Crippen LogP contribution in [0.5, 0.6) is 0 Å². The molecule has 0 spiro atoms. The molecule has 3 heteroatoms. The van der Waals surface area contributed by atoms with E-state index in [2.05, 4.69) is 36.2 Å². The quantitative estimate of drug-likeness (QED) is 0.913. The zero-order chi connectivity index (χ0) is 14.5. The van der Waals surface area contributed by atoms with Gasteiger partial charge in [0.25, 0.3) is 0 Å². The fourth-order valence-electron chi connectivity index (χ4n) is 2.81. The maximum Gasteiger partial charge on any atom is 0.241 e. The summed E-state index contributed by atoms with van der Waals surface area (Å²) in [6.07, 6.45) is 3.50. The number of anilines is 1. The highest BCUT2D eigenvalue weighted by molar-refractivity contribution is 5.94.